The van der Waals surface area contributed by atoms with Crippen LogP contribution in [-0.4, -0.2) is 19.0 Å². The maximum Gasteiger partial charge on any atom is 0.337 e. The molecule has 1 aromatic heterocycles. The zero-order valence-corrected chi connectivity index (χ0v) is 12.1. The zero-order valence-electron chi connectivity index (χ0n) is 11.3. The number of ether oxygens (including phenoxy) is 1. The van der Waals surface area contributed by atoms with Crippen LogP contribution < -0.4 is 5.32 Å². The van der Waals surface area contributed by atoms with Crippen LogP contribution in [0.4, 0.5) is 5.69 Å². The Hall–Kier alpha value is -2.14. The standard InChI is InChI=1S/C15H15NO3S/c1-3-12-7-8-13(20-12)14(17)16-11-6-4-5-10(9-11)15(18)19-2/h4-9H,3H2,1-2H3,(H,16,17). The van der Waals surface area contributed by atoms with Crippen molar-refractivity contribution in [2.45, 2.75) is 13.3 Å². The van der Waals surface area contributed by atoms with Gasteiger partial charge >= 0.3 is 5.97 Å². The smallest absolute Gasteiger partial charge is 0.337 e. The quantitative estimate of drug-likeness (QED) is 0.878. The summed E-state index contributed by atoms with van der Waals surface area (Å²) in [6.45, 7) is 2.05. The van der Waals surface area contributed by atoms with Crippen LogP contribution >= 0.6 is 11.3 Å². The highest BCUT2D eigenvalue weighted by molar-refractivity contribution is 7.14. The second-order valence-corrected chi connectivity index (χ2v) is 5.31. The molecule has 2 aromatic rings. The first-order valence-corrected chi connectivity index (χ1v) is 7.04. The Balaban J connectivity index is 2.13. The third kappa shape index (κ3) is 3.24. The van der Waals surface area contributed by atoms with Crippen molar-refractivity contribution in [2.75, 3.05) is 12.4 Å². The first-order chi connectivity index (χ1) is 9.63. The first kappa shape index (κ1) is 14.3. The number of amides is 1. The number of nitrogens with one attached hydrogen (secondary N) is 1. The number of aryl methyl sites for hydroxylation is 1. The van der Waals surface area contributed by atoms with Crippen LogP contribution in [0.2, 0.25) is 0 Å². The molecule has 5 heteroatoms. The molecule has 0 saturated carbocycles. The summed E-state index contributed by atoms with van der Waals surface area (Å²) < 4.78 is 4.65. The van der Waals surface area contributed by atoms with Gasteiger partial charge in [0.1, 0.15) is 0 Å². The van der Waals surface area contributed by atoms with E-state index in [1.165, 1.54) is 23.3 Å². The number of carbonyl (C=O) groups is 2. The third-order valence-electron chi connectivity index (χ3n) is 2.78. The molecule has 0 aliphatic heterocycles. The molecule has 0 radical (unpaired) electrons. The molecule has 1 heterocycles. The van der Waals surface area contributed by atoms with Gasteiger partial charge in [-0.15, -0.1) is 11.3 Å². The van der Waals surface area contributed by atoms with E-state index in [1.54, 1.807) is 24.3 Å². The predicted octanol–water partition coefficient (Wildman–Crippen LogP) is 3.35. The molecule has 0 bridgehead atoms. The van der Waals surface area contributed by atoms with Gasteiger partial charge in [-0.25, -0.2) is 4.79 Å². The molecule has 1 N–H and O–H groups in total. The van der Waals surface area contributed by atoms with E-state index in [2.05, 4.69) is 10.1 Å². The van der Waals surface area contributed by atoms with E-state index in [0.29, 0.717) is 16.1 Å². The fourth-order valence-corrected chi connectivity index (χ4v) is 2.57. The Bertz CT molecular complexity index is 634. The van der Waals surface area contributed by atoms with Gasteiger partial charge in [0.05, 0.1) is 17.6 Å². The predicted molar refractivity (Wildman–Crippen MR) is 79.4 cm³/mol. The van der Waals surface area contributed by atoms with Crippen molar-refractivity contribution in [1.29, 1.82) is 0 Å². The molecule has 0 unspecified atom stereocenters. The Morgan fingerprint density at radius 3 is 2.70 bits per heavy atom. The molecule has 0 atom stereocenters. The minimum atomic E-state index is -0.425. The van der Waals surface area contributed by atoms with Crippen LogP contribution in [0.15, 0.2) is 36.4 Å². The van der Waals surface area contributed by atoms with E-state index in [1.807, 2.05) is 19.1 Å². The van der Waals surface area contributed by atoms with Crippen molar-refractivity contribution in [3.8, 4) is 0 Å². The highest BCUT2D eigenvalue weighted by Gasteiger charge is 2.11. The van der Waals surface area contributed by atoms with Crippen molar-refractivity contribution in [1.82, 2.24) is 0 Å². The SMILES string of the molecule is CCc1ccc(C(=O)Nc2cccc(C(=O)OC)c2)s1. The van der Waals surface area contributed by atoms with Gasteiger partial charge in [-0.05, 0) is 36.8 Å². The number of hydrogen-bond donors (Lipinski definition) is 1. The third-order valence-corrected chi connectivity index (χ3v) is 4.00. The maximum absolute atomic E-state index is 12.1. The van der Waals surface area contributed by atoms with Gasteiger partial charge in [-0.2, -0.15) is 0 Å². The van der Waals surface area contributed by atoms with Gasteiger partial charge < -0.3 is 10.1 Å². The number of benzene rings is 1. The van der Waals surface area contributed by atoms with Crippen LogP contribution in [0.5, 0.6) is 0 Å². The van der Waals surface area contributed by atoms with Gasteiger partial charge in [0.15, 0.2) is 0 Å². The Kier molecular flexibility index (Phi) is 4.53. The molecular formula is C15H15NO3S. The summed E-state index contributed by atoms with van der Waals surface area (Å²) in [5, 5.41) is 2.78. The largest absolute Gasteiger partial charge is 0.465 e. The molecule has 4 nitrogen and oxygen atoms in total. The number of hydrogen-bond acceptors (Lipinski definition) is 4. The summed E-state index contributed by atoms with van der Waals surface area (Å²) in [6.07, 6.45) is 0.912. The van der Waals surface area contributed by atoms with E-state index in [4.69, 9.17) is 0 Å². The topological polar surface area (TPSA) is 55.4 Å². The molecule has 0 spiro atoms. The van der Waals surface area contributed by atoms with Crippen molar-refractivity contribution >= 4 is 28.9 Å². The van der Waals surface area contributed by atoms with Gasteiger partial charge in [0.2, 0.25) is 0 Å². The second-order valence-electron chi connectivity index (χ2n) is 4.15. The van der Waals surface area contributed by atoms with Crippen LogP contribution in [0.1, 0.15) is 31.8 Å². The number of methoxy groups -OCH3 is 1. The summed E-state index contributed by atoms with van der Waals surface area (Å²) >= 11 is 1.47. The van der Waals surface area contributed by atoms with Crippen molar-refractivity contribution < 1.29 is 14.3 Å². The number of thiophene rings is 1. The van der Waals surface area contributed by atoms with Gasteiger partial charge in [-0.1, -0.05) is 13.0 Å². The van der Waals surface area contributed by atoms with E-state index in [-0.39, 0.29) is 5.91 Å². The van der Waals surface area contributed by atoms with Crippen molar-refractivity contribution in [3.05, 3.63) is 51.7 Å². The molecule has 0 aliphatic rings. The lowest BCUT2D eigenvalue weighted by molar-refractivity contribution is 0.0600. The van der Waals surface area contributed by atoms with Crippen LogP contribution in [-0.2, 0) is 11.2 Å². The summed E-state index contributed by atoms with van der Waals surface area (Å²) in [5.41, 5.74) is 0.982. The summed E-state index contributed by atoms with van der Waals surface area (Å²) in [7, 11) is 1.32. The number of rotatable bonds is 4. The molecule has 20 heavy (non-hydrogen) atoms. The van der Waals surface area contributed by atoms with Gasteiger partial charge in [-0.3, -0.25) is 4.79 Å². The number of anilines is 1. The summed E-state index contributed by atoms with van der Waals surface area (Å²) in [6, 6.07) is 10.4. The zero-order chi connectivity index (χ0) is 14.5. The minimum Gasteiger partial charge on any atom is -0.465 e. The molecular weight excluding hydrogens is 274 g/mol. The Morgan fingerprint density at radius 2 is 2.05 bits per heavy atom. The van der Waals surface area contributed by atoms with Crippen molar-refractivity contribution in [2.24, 2.45) is 0 Å². The molecule has 1 aromatic carbocycles. The van der Waals surface area contributed by atoms with Crippen molar-refractivity contribution in [3.63, 3.8) is 0 Å². The number of carbonyl (C=O) groups excluding carboxylic acids is 2. The lowest BCUT2D eigenvalue weighted by atomic mass is 10.2. The summed E-state index contributed by atoms with van der Waals surface area (Å²) in [5.74, 6) is -0.595. The van der Waals surface area contributed by atoms with E-state index in [0.717, 1.165) is 6.42 Å². The fourth-order valence-electron chi connectivity index (χ4n) is 1.72. The normalized spacial score (nSPS) is 10.1. The second kappa shape index (κ2) is 6.34. The highest BCUT2D eigenvalue weighted by Crippen LogP contribution is 2.19. The monoisotopic (exact) mass is 289 g/mol. The van der Waals surface area contributed by atoms with Gasteiger partial charge in [0.25, 0.3) is 5.91 Å². The first-order valence-electron chi connectivity index (χ1n) is 6.22. The van der Waals surface area contributed by atoms with Crippen LogP contribution in [0.25, 0.3) is 0 Å². The molecule has 0 fully saturated rings. The molecule has 104 valence electrons. The fraction of sp³-hybridized carbons (Fsp3) is 0.200. The van der Waals surface area contributed by atoms with Crippen LogP contribution in [0, 0.1) is 0 Å². The lowest BCUT2D eigenvalue weighted by Gasteiger charge is -2.05. The molecule has 1 amide bonds. The van der Waals surface area contributed by atoms with E-state index < -0.39 is 5.97 Å². The highest BCUT2D eigenvalue weighted by atomic mass is 32.1. The Labute approximate surface area is 121 Å². The molecule has 0 aliphatic carbocycles. The van der Waals surface area contributed by atoms with E-state index >= 15 is 0 Å². The Morgan fingerprint density at radius 1 is 1.25 bits per heavy atom. The molecule has 0 saturated heterocycles. The van der Waals surface area contributed by atoms with Gasteiger partial charge in [0, 0.05) is 10.6 Å². The maximum atomic E-state index is 12.1. The minimum absolute atomic E-state index is 0.170. The molecule has 2 rings (SSSR count). The number of esters is 1. The average molecular weight is 289 g/mol. The van der Waals surface area contributed by atoms with Crippen LogP contribution in [0.3, 0.4) is 0 Å². The van der Waals surface area contributed by atoms with E-state index in [9.17, 15) is 9.59 Å². The lowest BCUT2D eigenvalue weighted by Crippen LogP contribution is -2.11. The average Bonchev–Trinajstić information content (AvgIpc) is 2.95. The summed E-state index contributed by atoms with van der Waals surface area (Å²) in [4.78, 5) is 25.3.